The third-order valence-electron chi connectivity index (χ3n) is 5.02. The van der Waals surface area contributed by atoms with E-state index in [1.54, 1.807) is 6.92 Å². The van der Waals surface area contributed by atoms with E-state index in [-0.39, 0.29) is 5.91 Å². The summed E-state index contributed by atoms with van der Waals surface area (Å²) < 4.78 is 5.36. The lowest BCUT2D eigenvalue weighted by molar-refractivity contribution is -0.128. The van der Waals surface area contributed by atoms with Crippen molar-refractivity contribution >= 4 is 23.2 Å². The molecule has 1 aliphatic heterocycles. The molecule has 154 valence electrons. The fourth-order valence-electron chi connectivity index (χ4n) is 3.19. The van der Waals surface area contributed by atoms with E-state index >= 15 is 0 Å². The van der Waals surface area contributed by atoms with E-state index in [9.17, 15) is 14.7 Å². The van der Waals surface area contributed by atoms with Gasteiger partial charge in [0.05, 0.1) is 25.7 Å². The van der Waals surface area contributed by atoms with Crippen LogP contribution in [-0.4, -0.2) is 55.9 Å². The number of anilines is 2. The van der Waals surface area contributed by atoms with Gasteiger partial charge in [0, 0.05) is 24.5 Å². The van der Waals surface area contributed by atoms with Crippen molar-refractivity contribution in [3.8, 4) is 0 Å². The Morgan fingerprint density at radius 3 is 2.31 bits per heavy atom. The van der Waals surface area contributed by atoms with Crippen molar-refractivity contribution < 1.29 is 19.4 Å². The zero-order valence-electron chi connectivity index (χ0n) is 16.5. The van der Waals surface area contributed by atoms with Crippen LogP contribution in [-0.2, 0) is 14.3 Å². The van der Waals surface area contributed by atoms with Crippen LogP contribution in [0.25, 0.3) is 0 Å². The van der Waals surface area contributed by atoms with Gasteiger partial charge in [0.2, 0.25) is 11.8 Å². The molecule has 7 heteroatoms. The summed E-state index contributed by atoms with van der Waals surface area (Å²) in [5.74, 6) is -1.20. The van der Waals surface area contributed by atoms with Crippen LogP contribution in [0.15, 0.2) is 54.6 Å². The van der Waals surface area contributed by atoms with Gasteiger partial charge >= 0.3 is 0 Å². The van der Waals surface area contributed by atoms with Gasteiger partial charge in [-0.25, -0.2) is 0 Å². The van der Waals surface area contributed by atoms with Gasteiger partial charge in [0.1, 0.15) is 6.04 Å². The average Bonchev–Trinajstić information content (AvgIpc) is 2.78. The zero-order chi connectivity index (χ0) is 20.6. The number of aliphatic hydroxyl groups excluding tert-OH is 1. The lowest BCUT2D eigenvalue weighted by Gasteiger charge is -2.29. The van der Waals surface area contributed by atoms with Gasteiger partial charge in [0.15, 0.2) is 0 Å². The minimum atomic E-state index is -1.02. The molecule has 2 aromatic carbocycles. The molecule has 1 unspecified atom stereocenters. The number of nitrogens with one attached hydrogen (secondary N) is 2. The van der Waals surface area contributed by atoms with Crippen LogP contribution in [0.1, 0.15) is 18.4 Å². The highest BCUT2D eigenvalue weighted by molar-refractivity contribution is 5.98. The summed E-state index contributed by atoms with van der Waals surface area (Å²) in [7, 11) is 0. The van der Waals surface area contributed by atoms with Crippen LogP contribution in [0.2, 0.25) is 0 Å². The third-order valence-corrected chi connectivity index (χ3v) is 5.02. The molecule has 2 atom stereocenters. The Bertz CT molecular complexity index is 805. The van der Waals surface area contributed by atoms with Gasteiger partial charge < -0.3 is 25.4 Å². The van der Waals surface area contributed by atoms with E-state index in [1.807, 2.05) is 54.6 Å². The number of carbonyl (C=O) groups excluding carboxylic acids is 2. The van der Waals surface area contributed by atoms with Crippen LogP contribution in [0.4, 0.5) is 11.4 Å². The fourth-order valence-corrected chi connectivity index (χ4v) is 3.19. The first kappa shape index (κ1) is 20.8. The number of morpholine rings is 1. The van der Waals surface area contributed by atoms with Crippen molar-refractivity contribution in [1.29, 1.82) is 0 Å². The molecule has 0 bridgehead atoms. The topological polar surface area (TPSA) is 90.9 Å². The number of nitrogens with zero attached hydrogens (tertiary/aromatic N) is 1. The van der Waals surface area contributed by atoms with Crippen molar-refractivity contribution in [3.05, 3.63) is 60.2 Å². The normalized spacial score (nSPS) is 16.0. The molecule has 0 spiro atoms. The van der Waals surface area contributed by atoms with Gasteiger partial charge in [-0.2, -0.15) is 0 Å². The summed E-state index contributed by atoms with van der Waals surface area (Å²) in [6.07, 6.45) is 0. The van der Waals surface area contributed by atoms with Gasteiger partial charge in [-0.15, -0.1) is 0 Å². The van der Waals surface area contributed by atoms with Crippen molar-refractivity contribution in [1.82, 2.24) is 5.32 Å². The van der Waals surface area contributed by atoms with Gasteiger partial charge in [0.25, 0.3) is 0 Å². The number of rotatable bonds is 7. The first-order chi connectivity index (χ1) is 14.1. The first-order valence-electron chi connectivity index (χ1n) is 9.78. The van der Waals surface area contributed by atoms with E-state index in [0.717, 1.165) is 24.3 Å². The van der Waals surface area contributed by atoms with E-state index in [0.29, 0.717) is 18.9 Å². The largest absolute Gasteiger partial charge is 0.394 e. The molecule has 0 aliphatic carbocycles. The third kappa shape index (κ3) is 5.56. The molecule has 0 radical (unpaired) electrons. The van der Waals surface area contributed by atoms with Crippen LogP contribution in [0.5, 0.6) is 0 Å². The quantitative estimate of drug-likeness (QED) is 0.662. The lowest BCUT2D eigenvalue weighted by Crippen LogP contribution is -2.47. The SMILES string of the molecule is CC(C(=O)N[C@@H](CO)C(=O)Nc1ccc(N2CCOCC2)cc1)c1ccccc1. The van der Waals surface area contributed by atoms with Gasteiger partial charge in [-0.05, 0) is 36.8 Å². The number of hydrogen-bond donors (Lipinski definition) is 3. The van der Waals surface area contributed by atoms with Crippen molar-refractivity contribution in [2.45, 2.75) is 18.9 Å². The van der Waals surface area contributed by atoms with Gasteiger partial charge in [-0.3, -0.25) is 9.59 Å². The molecule has 1 heterocycles. The Morgan fingerprint density at radius 1 is 1.03 bits per heavy atom. The number of ether oxygens (including phenoxy) is 1. The predicted molar refractivity (Wildman–Crippen MR) is 112 cm³/mol. The maximum atomic E-state index is 12.5. The van der Waals surface area contributed by atoms with E-state index in [4.69, 9.17) is 4.74 Å². The number of amides is 2. The second kappa shape index (κ2) is 10.0. The zero-order valence-corrected chi connectivity index (χ0v) is 16.5. The van der Waals surface area contributed by atoms with Crippen molar-refractivity contribution in [3.63, 3.8) is 0 Å². The van der Waals surface area contributed by atoms with Crippen molar-refractivity contribution in [2.75, 3.05) is 43.1 Å². The molecule has 1 fully saturated rings. The summed E-state index contributed by atoms with van der Waals surface area (Å²) in [4.78, 5) is 27.2. The Kier molecular flexibility index (Phi) is 7.21. The first-order valence-corrected chi connectivity index (χ1v) is 9.78. The lowest BCUT2D eigenvalue weighted by atomic mass is 10.00. The average molecular weight is 397 g/mol. The van der Waals surface area contributed by atoms with Crippen molar-refractivity contribution in [2.24, 2.45) is 0 Å². The highest BCUT2D eigenvalue weighted by Gasteiger charge is 2.23. The summed E-state index contributed by atoms with van der Waals surface area (Å²) in [5.41, 5.74) is 2.52. The van der Waals surface area contributed by atoms with Crippen LogP contribution in [0.3, 0.4) is 0 Å². The predicted octanol–water partition coefficient (Wildman–Crippen LogP) is 1.74. The number of aliphatic hydroxyl groups is 1. The molecule has 1 aliphatic rings. The van der Waals surface area contributed by atoms with E-state index in [2.05, 4.69) is 15.5 Å². The maximum Gasteiger partial charge on any atom is 0.249 e. The molecule has 2 amide bonds. The van der Waals surface area contributed by atoms with Gasteiger partial charge in [-0.1, -0.05) is 30.3 Å². The molecule has 29 heavy (non-hydrogen) atoms. The van der Waals surface area contributed by atoms with Crippen LogP contribution < -0.4 is 15.5 Å². The summed E-state index contributed by atoms with van der Waals surface area (Å²) in [6.45, 7) is 4.37. The minimum absolute atomic E-state index is 0.312. The minimum Gasteiger partial charge on any atom is -0.394 e. The summed E-state index contributed by atoms with van der Waals surface area (Å²) in [5, 5.41) is 15.0. The Balaban J connectivity index is 1.57. The Labute approximate surface area is 170 Å². The molecule has 1 saturated heterocycles. The molecule has 7 nitrogen and oxygen atoms in total. The Morgan fingerprint density at radius 2 is 1.69 bits per heavy atom. The standard InChI is InChI=1S/C22H27N3O4/c1-16(17-5-3-2-4-6-17)21(27)24-20(15-26)22(28)23-18-7-9-19(10-8-18)25-11-13-29-14-12-25/h2-10,16,20,26H,11-15H2,1H3,(H,23,28)(H,24,27)/t16?,20-/m0/s1. The fraction of sp³-hybridized carbons (Fsp3) is 0.364. The highest BCUT2D eigenvalue weighted by atomic mass is 16.5. The smallest absolute Gasteiger partial charge is 0.249 e. The molecule has 3 rings (SSSR count). The Hall–Kier alpha value is -2.90. The number of carbonyl (C=O) groups is 2. The summed E-state index contributed by atoms with van der Waals surface area (Å²) in [6, 6.07) is 15.8. The van der Waals surface area contributed by atoms with Crippen LogP contribution in [0, 0.1) is 0 Å². The van der Waals surface area contributed by atoms with Crippen LogP contribution >= 0.6 is 0 Å². The molecular weight excluding hydrogens is 370 g/mol. The second-order valence-electron chi connectivity index (χ2n) is 7.01. The number of hydrogen-bond acceptors (Lipinski definition) is 5. The molecule has 0 aromatic heterocycles. The molecule has 0 saturated carbocycles. The molecule has 3 N–H and O–H groups in total. The highest BCUT2D eigenvalue weighted by Crippen LogP contribution is 2.19. The maximum absolute atomic E-state index is 12.5. The van der Waals surface area contributed by atoms with E-state index < -0.39 is 24.5 Å². The summed E-state index contributed by atoms with van der Waals surface area (Å²) >= 11 is 0. The molecular formula is C22H27N3O4. The van der Waals surface area contributed by atoms with E-state index in [1.165, 1.54) is 0 Å². The number of benzene rings is 2. The monoisotopic (exact) mass is 397 g/mol. The molecule has 2 aromatic rings. The second-order valence-corrected chi connectivity index (χ2v) is 7.01.